The van der Waals surface area contributed by atoms with E-state index in [2.05, 4.69) is 42.5 Å². The van der Waals surface area contributed by atoms with Gasteiger partial charge in [0.05, 0.1) is 0 Å². The van der Waals surface area contributed by atoms with E-state index >= 15 is 0 Å². The van der Waals surface area contributed by atoms with Crippen molar-refractivity contribution in [3.63, 3.8) is 0 Å². The van der Waals surface area contributed by atoms with Gasteiger partial charge in [0.2, 0.25) is 0 Å². The van der Waals surface area contributed by atoms with Crippen LogP contribution in [0.3, 0.4) is 0 Å². The van der Waals surface area contributed by atoms with E-state index in [1.165, 1.54) is 46.7 Å². The van der Waals surface area contributed by atoms with Crippen LogP contribution in [0.25, 0.3) is 21.9 Å². The Kier molecular flexibility index (Phi) is 2.25. The van der Waals surface area contributed by atoms with Crippen molar-refractivity contribution in [3.05, 3.63) is 65.7 Å². The van der Waals surface area contributed by atoms with E-state index in [0.29, 0.717) is 10.9 Å². The maximum absolute atomic E-state index is 10.2. The second kappa shape index (κ2) is 4.24. The molecule has 0 saturated heterocycles. The molecule has 4 atom stereocenters. The van der Waals surface area contributed by atoms with Crippen molar-refractivity contribution in [3.8, 4) is 11.1 Å². The number of fused-ring (bicyclic) bond motifs is 9. The van der Waals surface area contributed by atoms with Crippen molar-refractivity contribution in [2.75, 3.05) is 0 Å². The van der Waals surface area contributed by atoms with Crippen molar-refractivity contribution in [1.82, 2.24) is 0 Å². The molecule has 0 aromatic heterocycles. The first-order valence-electron chi connectivity index (χ1n) is 10.7. The molecule has 2 N–H and O–H groups in total. The minimum absolute atomic E-state index is 0.101. The Balaban J connectivity index is 1.52. The summed E-state index contributed by atoms with van der Waals surface area (Å²) in [5, 5.41) is 23.0. The summed E-state index contributed by atoms with van der Waals surface area (Å²) >= 11 is 0. The van der Waals surface area contributed by atoms with E-state index < -0.39 is 7.12 Å². The lowest BCUT2D eigenvalue weighted by atomic mass is 9.11. The van der Waals surface area contributed by atoms with Crippen molar-refractivity contribution >= 4 is 23.4 Å². The SMILES string of the molecule is OB(O)c1cccc2c1-c1ccc3ccccc3c1C21C2CC3CC4CC1C342. The van der Waals surface area contributed by atoms with Gasteiger partial charge in [-0.1, -0.05) is 54.6 Å². The highest BCUT2D eigenvalue weighted by Gasteiger charge is 2.90. The lowest BCUT2D eigenvalue weighted by Gasteiger charge is -2.92. The summed E-state index contributed by atoms with van der Waals surface area (Å²) in [6.07, 6.45) is 4.19. The molecule has 3 aromatic carbocycles. The molecule has 3 heteroatoms. The highest BCUT2D eigenvalue weighted by Crippen LogP contribution is 2.95. The third kappa shape index (κ3) is 1.16. The highest BCUT2D eigenvalue weighted by atomic mass is 16.4. The maximum atomic E-state index is 10.2. The van der Waals surface area contributed by atoms with Gasteiger partial charge in [-0.25, -0.2) is 0 Å². The van der Waals surface area contributed by atoms with Gasteiger partial charge in [-0.05, 0) is 86.8 Å². The van der Waals surface area contributed by atoms with Crippen molar-refractivity contribution in [1.29, 1.82) is 0 Å². The van der Waals surface area contributed by atoms with Gasteiger partial charge in [-0.15, -0.1) is 0 Å². The van der Waals surface area contributed by atoms with Crippen LogP contribution in [0.1, 0.15) is 30.4 Å². The Bertz CT molecular complexity index is 1210. The normalized spacial score (nSPS) is 39.6. The number of hydrogen-bond acceptors (Lipinski definition) is 2. The van der Waals surface area contributed by atoms with Crippen molar-refractivity contribution in [2.24, 2.45) is 29.1 Å². The number of benzene rings is 3. The van der Waals surface area contributed by atoms with E-state index in [4.69, 9.17) is 0 Å². The molecule has 4 unspecified atom stereocenters. The molecule has 0 aliphatic heterocycles. The van der Waals surface area contributed by atoms with Gasteiger partial charge in [-0.3, -0.25) is 0 Å². The van der Waals surface area contributed by atoms with Crippen LogP contribution in [0.15, 0.2) is 54.6 Å². The number of hydrogen-bond donors (Lipinski definition) is 2. The summed E-state index contributed by atoms with van der Waals surface area (Å²) in [5.41, 5.74) is 6.66. The summed E-state index contributed by atoms with van der Waals surface area (Å²) in [4.78, 5) is 0. The largest absolute Gasteiger partial charge is 0.489 e. The zero-order chi connectivity index (χ0) is 18.4. The van der Waals surface area contributed by atoms with Crippen LogP contribution in [0.4, 0.5) is 0 Å². The minimum Gasteiger partial charge on any atom is -0.423 e. The minimum atomic E-state index is -1.43. The fourth-order valence-electron chi connectivity index (χ4n) is 9.08. The van der Waals surface area contributed by atoms with Crippen LogP contribution in [-0.4, -0.2) is 17.2 Å². The van der Waals surface area contributed by atoms with Crippen LogP contribution in [0, 0.1) is 29.1 Å². The topological polar surface area (TPSA) is 40.5 Å². The first kappa shape index (κ1) is 14.8. The van der Waals surface area contributed by atoms with Crippen LogP contribution in [-0.2, 0) is 5.41 Å². The molecule has 2 spiro atoms. The van der Waals surface area contributed by atoms with Gasteiger partial charge in [0.15, 0.2) is 0 Å². The smallest absolute Gasteiger partial charge is 0.423 e. The summed E-state index contributed by atoms with van der Waals surface area (Å²) < 4.78 is 0. The Labute approximate surface area is 164 Å². The first-order chi connectivity index (χ1) is 13.7. The van der Waals surface area contributed by atoms with Gasteiger partial charge in [-0.2, -0.15) is 0 Å². The molecule has 5 aliphatic rings. The van der Waals surface area contributed by atoms with Gasteiger partial charge in [0.1, 0.15) is 0 Å². The summed E-state index contributed by atoms with van der Waals surface area (Å²) in [5.74, 6) is 3.45. The van der Waals surface area contributed by atoms with E-state index in [1.807, 2.05) is 12.1 Å². The number of rotatable bonds is 1. The molecule has 2 nitrogen and oxygen atoms in total. The predicted octanol–water partition coefficient (Wildman–Crippen LogP) is 3.46. The van der Waals surface area contributed by atoms with E-state index in [9.17, 15) is 10.0 Å². The van der Waals surface area contributed by atoms with Crippen LogP contribution >= 0.6 is 0 Å². The maximum Gasteiger partial charge on any atom is 0.489 e. The molecule has 0 bridgehead atoms. The zero-order valence-electron chi connectivity index (χ0n) is 15.6. The molecule has 8 rings (SSSR count). The molecule has 5 aliphatic carbocycles. The Hall–Kier alpha value is -2.10. The van der Waals surface area contributed by atoms with Gasteiger partial charge < -0.3 is 10.0 Å². The third-order valence-electron chi connectivity index (χ3n) is 9.76. The van der Waals surface area contributed by atoms with Gasteiger partial charge >= 0.3 is 7.12 Å². The van der Waals surface area contributed by atoms with Crippen LogP contribution < -0.4 is 5.46 Å². The molecule has 3 aromatic rings. The first-order valence-corrected chi connectivity index (χ1v) is 10.7. The standard InChI is InChI=1S/C25H21BO2/c27-26(28)19-7-3-6-18-22(19)17-9-8-13-4-1-2-5-16(13)23(17)25(18)20-11-14-10-15-12-21(25)24(14,15)20/h1-9,14-15,20-21,27-28H,10-12H2. The quantitative estimate of drug-likeness (QED) is 0.650. The fourth-order valence-corrected chi connectivity index (χ4v) is 9.08. The van der Waals surface area contributed by atoms with E-state index in [1.54, 1.807) is 0 Å². The predicted molar refractivity (Wildman–Crippen MR) is 110 cm³/mol. The molecule has 136 valence electrons. The summed E-state index contributed by atoms with van der Waals surface area (Å²) in [7, 11) is -1.43. The van der Waals surface area contributed by atoms with Crippen molar-refractivity contribution in [2.45, 2.75) is 24.7 Å². The molecule has 0 amide bonds. The highest BCUT2D eigenvalue weighted by molar-refractivity contribution is 6.60. The molecule has 4 saturated carbocycles. The average molecular weight is 364 g/mol. The van der Waals surface area contributed by atoms with Crippen LogP contribution in [0.2, 0.25) is 0 Å². The van der Waals surface area contributed by atoms with Crippen LogP contribution in [0.5, 0.6) is 0 Å². The van der Waals surface area contributed by atoms with Gasteiger partial charge in [0, 0.05) is 5.41 Å². The Morgan fingerprint density at radius 2 is 1.61 bits per heavy atom. The molecule has 0 heterocycles. The van der Waals surface area contributed by atoms with E-state index in [-0.39, 0.29) is 5.41 Å². The fraction of sp³-hybridized carbons (Fsp3) is 0.360. The average Bonchev–Trinajstić information content (AvgIpc) is 2.96. The lowest BCUT2D eigenvalue weighted by molar-refractivity contribution is -0.412. The Morgan fingerprint density at radius 3 is 2.36 bits per heavy atom. The summed E-state index contributed by atoms with van der Waals surface area (Å²) in [6, 6.07) is 19.5. The molecular weight excluding hydrogens is 343 g/mol. The second-order valence-electron chi connectivity index (χ2n) is 9.93. The lowest BCUT2D eigenvalue weighted by Crippen LogP contribution is -2.88. The molecule has 28 heavy (non-hydrogen) atoms. The van der Waals surface area contributed by atoms with E-state index in [0.717, 1.165) is 29.2 Å². The Morgan fingerprint density at radius 1 is 0.821 bits per heavy atom. The molecular formula is C25H21BO2. The molecule has 4 fully saturated rings. The monoisotopic (exact) mass is 364 g/mol. The second-order valence-corrected chi connectivity index (χ2v) is 9.93. The van der Waals surface area contributed by atoms with Crippen molar-refractivity contribution < 1.29 is 10.0 Å². The summed E-state index contributed by atoms with van der Waals surface area (Å²) in [6.45, 7) is 0. The molecule has 0 radical (unpaired) electrons. The third-order valence-corrected chi connectivity index (χ3v) is 9.76. The van der Waals surface area contributed by atoms with Gasteiger partial charge in [0.25, 0.3) is 0 Å². The zero-order valence-corrected chi connectivity index (χ0v) is 15.6.